The molecule has 0 spiro atoms. The van der Waals surface area contributed by atoms with E-state index in [9.17, 15) is 19.2 Å². The second kappa shape index (κ2) is 18.4. The van der Waals surface area contributed by atoms with Gasteiger partial charge in [0.25, 0.3) is 0 Å². The Kier molecular flexibility index (Phi) is 17.8. The van der Waals surface area contributed by atoms with Gasteiger partial charge in [0, 0.05) is 27.7 Å². The van der Waals surface area contributed by atoms with Crippen LogP contribution in [0.15, 0.2) is 0 Å². The Morgan fingerprint density at radius 3 is 1.19 bits per heavy atom. The summed E-state index contributed by atoms with van der Waals surface area (Å²) in [6.07, 6.45) is -0.644. The van der Waals surface area contributed by atoms with Crippen LogP contribution in [-0.4, -0.2) is 88.3 Å². The van der Waals surface area contributed by atoms with Crippen LogP contribution in [0, 0.1) is 0 Å². The average Bonchev–Trinajstić information content (AvgIpc) is 2.75. The Hall–Kier alpha value is -1.39. The summed E-state index contributed by atoms with van der Waals surface area (Å²) in [5.41, 5.74) is -1.39. The second-order valence-corrected chi connectivity index (χ2v) is 28.5. The van der Waals surface area contributed by atoms with Crippen LogP contribution in [0.2, 0.25) is 51.4 Å². The minimum Gasteiger partial charge on any atom is -0.464 e. The topological polar surface area (TPSA) is 129 Å². The molecule has 0 aliphatic heterocycles. The first kappa shape index (κ1) is 40.6. The molecule has 0 rings (SSSR count). The van der Waals surface area contributed by atoms with Gasteiger partial charge in [-0.2, -0.15) is 0 Å². The molecule has 0 radical (unpaired) electrons. The zero-order valence-corrected chi connectivity index (χ0v) is 31.5. The van der Waals surface area contributed by atoms with Crippen molar-refractivity contribution in [1.29, 1.82) is 0 Å². The van der Waals surface area contributed by atoms with Crippen LogP contribution < -0.4 is 10.6 Å². The number of carbonyl (C=O) groups is 4. The molecular formula is C28H56N2O8S2Si2. The van der Waals surface area contributed by atoms with E-state index in [1.807, 2.05) is 0 Å². The van der Waals surface area contributed by atoms with Crippen LogP contribution in [0.3, 0.4) is 0 Å². The lowest BCUT2D eigenvalue weighted by atomic mass is 10.2. The number of hydrogen-bond acceptors (Lipinski definition) is 10. The van der Waals surface area contributed by atoms with E-state index in [1.165, 1.54) is 21.6 Å². The van der Waals surface area contributed by atoms with Gasteiger partial charge in [0.15, 0.2) is 0 Å². The maximum Gasteiger partial charge on any atom is 0.408 e. The Labute approximate surface area is 263 Å². The first-order valence-electron chi connectivity index (χ1n) is 14.5. The molecule has 0 aliphatic rings. The van der Waals surface area contributed by atoms with Crippen molar-refractivity contribution in [3.05, 3.63) is 0 Å². The average molecular weight is 669 g/mol. The van der Waals surface area contributed by atoms with Crippen LogP contribution in [0.4, 0.5) is 9.59 Å². The summed E-state index contributed by atoms with van der Waals surface area (Å²) in [6.45, 7) is 24.4. The third-order valence-corrected chi connectivity index (χ3v) is 11.1. The van der Waals surface area contributed by atoms with E-state index < -0.39 is 63.6 Å². The highest BCUT2D eigenvalue weighted by Crippen LogP contribution is 2.25. The summed E-state index contributed by atoms with van der Waals surface area (Å²) in [4.78, 5) is 50.2. The van der Waals surface area contributed by atoms with E-state index in [2.05, 4.69) is 49.9 Å². The van der Waals surface area contributed by atoms with E-state index in [0.717, 1.165) is 12.1 Å². The monoisotopic (exact) mass is 668 g/mol. The lowest BCUT2D eigenvalue weighted by molar-refractivity contribution is -0.146. The minimum absolute atomic E-state index is 0.322. The first-order valence-corrected chi connectivity index (χ1v) is 24.4. The quantitative estimate of drug-likeness (QED) is 0.0568. The van der Waals surface area contributed by atoms with Crippen LogP contribution in [-0.2, 0) is 28.5 Å². The van der Waals surface area contributed by atoms with Crippen molar-refractivity contribution in [3.63, 3.8) is 0 Å². The molecule has 2 N–H and O–H groups in total. The van der Waals surface area contributed by atoms with Crippen molar-refractivity contribution >= 4 is 61.9 Å². The van der Waals surface area contributed by atoms with E-state index in [0.29, 0.717) is 37.6 Å². The standard InChI is InChI=1S/C28H56N2O8S2Si2/c1-27(2,3)37-25(33)29-21(23(31)35-15-19-41(7,8)9)13-17-39-40-18-14-22(30-26(34)38-28(4,5)6)24(32)36-16-20-42(10,11)12/h21-22H,13-20H2,1-12H3,(H,29,33)(H,30,34)/t21-,22-/m1/s1. The van der Waals surface area contributed by atoms with Crippen molar-refractivity contribution in [1.82, 2.24) is 10.6 Å². The zero-order valence-electron chi connectivity index (χ0n) is 27.9. The summed E-state index contributed by atoms with van der Waals surface area (Å²) in [5, 5.41) is 5.30. The molecule has 2 amide bonds. The summed E-state index contributed by atoms with van der Waals surface area (Å²) in [6, 6.07) is -0.00148. The SMILES string of the molecule is CC(C)(C)OC(=O)N[C@H](CCSSCC[C@@H](NC(=O)OC(C)(C)C)C(=O)OCC[Si](C)(C)C)C(=O)OCC[Si](C)(C)C. The largest absolute Gasteiger partial charge is 0.464 e. The van der Waals surface area contributed by atoms with Crippen molar-refractivity contribution in [3.8, 4) is 0 Å². The fourth-order valence-electron chi connectivity index (χ4n) is 2.96. The number of hydrogen-bond donors (Lipinski definition) is 2. The smallest absolute Gasteiger partial charge is 0.408 e. The molecule has 0 saturated carbocycles. The van der Waals surface area contributed by atoms with Crippen LogP contribution in [0.1, 0.15) is 54.4 Å². The van der Waals surface area contributed by atoms with Gasteiger partial charge in [-0.15, -0.1) is 0 Å². The number of alkyl carbamates (subject to hydrolysis) is 2. The van der Waals surface area contributed by atoms with Gasteiger partial charge in [0.05, 0.1) is 13.2 Å². The van der Waals surface area contributed by atoms with Crippen LogP contribution >= 0.6 is 21.6 Å². The highest BCUT2D eigenvalue weighted by molar-refractivity contribution is 8.76. The number of carbonyl (C=O) groups excluding carboxylic acids is 4. The Morgan fingerprint density at radius 1 is 0.619 bits per heavy atom. The fourth-order valence-corrected chi connectivity index (χ4v) is 6.58. The Morgan fingerprint density at radius 2 is 0.929 bits per heavy atom. The van der Waals surface area contributed by atoms with Crippen molar-refractivity contribution < 1.29 is 38.1 Å². The van der Waals surface area contributed by atoms with Crippen molar-refractivity contribution in [2.45, 2.75) is 129 Å². The lowest BCUT2D eigenvalue weighted by Gasteiger charge is -2.24. The molecule has 0 aliphatic carbocycles. The van der Waals surface area contributed by atoms with Gasteiger partial charge in [-0.05, 0) is 66.5 Å². The molecule has 0 aromatic carbocycles. The first-order chi connectivity index (χ1) is 19.0. The van der Waals surface area contributed by atoms with E-state index >= 15 is 0 Å². The number of amides is 2. The molecule has 10 nitrogen and oxygen atoms in total. The maximum atomic E-state index is 12.8. The van der Waals surface area contributed by atoms with Crippen LogP contribution in [0.25, 0.3) is 0 Å². The number of rotatable bonds is 17. The van der Waals surface area contributed by atoms with E-state index in [1.54, 1.807) is 41.5 Å². The normalized spacial score (nSPS) is 13.9. The highest BCUT2D eigenvalue weighted by Gasteiger charge is 2.28. The molecule has 0 fully saturated rings. The predicted octanol–water partition coefficient (Wildman–Crippen LogP) is 6.70. The summed E-state index contributed by atoms with van der Waals surface area (Å²) in [5.74, 6) is 0.123. The van der Waals surface area contributed by atoms with Gasteiger partial charge in [-0.1, -0.05) is 60.9 Å². The molecule has 0 bridgehead atoms. The van der Waals surface area contributed by atoms with E-state index in [4.69, 9.17) is 18.9 Å². The third-order valence-electron chi connectivity index (χ3n) is 5.21. The minimum atomic E-state index is -1.38. The second-order valence-electron chi connectivity index (χ2n) is 14.6. The lowest BCUT2D eigenvalue weighted by Crippen LogP contribution is -2.45. The van der Waals surface area contributed by atoms with Gasteiger partial charge < -0.3 is 29.6 Å². The third kappa shape index (κ3) is 24.1. The molecule has 2 atom stereocenters. The molecule has 0 aromatic rings. The van der Waals surface area contributed by atoms with Gasteiger partial charge in [0.2, 0.25) is 0 Å². The number of ether oxygens (including phenoxy) is 4. The van der Waals surface area contributed by atoms with Gasteiger partial charge in [-0.25, -0.2) is 19.2 Å². The maximum absolute atomic E-state index is 12.8. The molecule has 0 saturated heterocycles. The van der Waals surface area contributed by atoms with Crippen LogP contribution in [0.5, 0.6) is 0 Å². The Balaban J connectivity index is 5.00. The predicted molar refractivity (Wildman–Crippen MR) is 179 cm³/mol. The summed E-state index contributed by atoms with van der Waals surface area (Å²) in [7, 11) is 0.246. The highest BCUT2D eigenvalue weighted by atomic mass is 33.1. The summed E-state index contributed by atoms with van der Waals surface area (Å²) < 4.78 is 21.6. The molecule has 14 heteroatoms. The number of esters is 2. The van der Waals surface area contributed by atoms with Gasteiger partial charge in [-0.3, -0.25) is 0 Å². The van der Waals surface area contributed by atoms with E-state index in [-0.39, 0.29) is 0 Å². The van der Waals surface area contributed by atoms with Gasteiger partial charge >= 0.3 is 24.1 Å². The zero-order chi connectivity index (χ0) is 32.8. The summed E-state index contributed by atoms with van der Waals surface area (Å²) >= 11 is 0. The molecule has 0 aromatic heterocycles. The number of nitrogens with one attached hydrogen (secondary N) is 2. The molecule has 246 valence electrons. The van der Waals surface area contributed by atoms with Crippen molar-refractivity contribution in [2.75, 3.05) is 24.7 Å². The Bertz CT molecular complexity index is 796. The fraction of sp³-hybridized carbons (Fsp3) is 0.857. The molecule has 42 heavy (non-hydrogen) atoms. The van der Waals surface area contributed by atoms with Crippen molar-refractivity contribution in [2.24, 2.45) is 0 Å². The molecular weight excluding hydrogens is 613 g/mol. The van der Waals surface area contributed by atoms with Gasteiger partial charge in [0.1, 0.15) is 23.3 Å². The molecule has 0 heterocycles. The molecule has 0 unspecified atom stereocenters.